The standard InChI is InChI=1S/C27H35N3O4/c1-27(2,3)29-15-13-24(14-16-29)34-23-11-9-21(10-12-23)25(31)30(22-17-28-18-22)26(32)33-19-20-7-5-4-6-8-20/h4-12,22,24,28H,13-19H2,1-3H3. The maximum Gasteiger partial charge on any atom is 0.417 e. The molecule has 2 heterocycles. The molecular formula is C27H35N3O4. The van der Waals surface area contributed by atoms with Crippen molar-refractivity contribution in [3.63, 3.8) is 0 Å². The van der Waals surface area contributed by atoms with Crippen LogP contribution in [0.4, 0.5) is 4.79 Å². The number of imide groups is 1. The first-order valence-corrected chi connectivity index (χ1v) is 12.1. The third-order valence-electron chi connectivity index (χ3n) is 6.54. The van der Waals surface area contributed by atoms with Crippen LogP contribution in [-0.4, -0.2) is 65.7 Å². The van der Waals surface area contributed by atoms with E-state index in [1.807, 2.05) is 42.5 Å². The normalized spacial score (nSPS) is 17.6. The molecule has 2 amide bonds. The number of carbonyl (C=O) groups excluding carboxylic acids is 2. The number of rotatable bonds is 6. The highest BCUT2D eigenvalue weighted by atomic mass is 16.6. The summed E-state index contributed by atoms with van der Waals surface area (Å²) in [6.07, 6.45) is 1.51. The van der Waals surface area contributed by atoms with E-state index in [4.69, 9.17) is 9.47 Å². The zero-order valence-corrected chi connectivity index (χ0v) is 20.3. The SMILES string of the molecule is CC(C)(C)N1CCC(Oc2ccc(C(=O)N(C(=O)OCc3ccccc3)C3CNC3)cc2)CC1. The van der Waals surface area contributed by atoms with Crippen LogP contribution in [0.25, 0.3) is 0 Å². The number of hydrogen-bond acceptors (Lipinski definition) is 6. The predicted molar refractivity (Wildman–Crippen MR) is 131 cm³/mol. The summed E-state index contributed by atoms with van der Waals surface area (Å²) in [4.78, 5) is 29.7. The molecule has 2 aliphatic rings. The van der Waals surface area contributed by atoms with Crippen molar-refractivity contribution in [1.29, 1.82) is 0 Å². The van der Waals surface area contributed by atoms with Gasteiger partial charge in [-0.05, 0) is 63.4 Å². The third-order valence-corrected chi connectivity index (χ3v) is 6.54. The summed E-state index contributed by atoms with van der Waals surface area (Å²) in [5, 5.41) is 3.12. The number of hydrogen-bond donors (Lipinski definition) is 1. The van der Waals surface area contributed by atoms with Crippen LogP contribution in [0.5, 0.6) is 5.75 Å². The van der Waals surface area contributed by atoms with Gasteiger partial charge in [0.2, 0.25) is 0 Å². The molecule has 0 bridgehead atoms. The van der Waals surface area contributed by atoms with Crippen LogP contribution in [-0.2, 0) is 11.3 Å². The Morgan fingerprint density at radius 2 is 1.65 bits per heavy atom. The minimum atomic E-state index is -0.619. The largest absolute Gasteiger partial charge is 0.490 e. The van der Waals surface area contributed by atoms with E-state index in [1.165, 1.54) is 4.90 Å². The number of carbonyl (C=O) groups is 2. The fourth-order valence-electron chi connectivity index (χ4n) is 4.29. The Hall–Kier alpha value is -2.90. The second-order valence-corrected chi connectivity index (χ2v) is 10.0. The Morgan fingerprint density at radius 3 is 2.21 bits per heavy atom. The average molecular weight is 466 g/mol. The van der Waals surface area contributed by atoms with Gasteiger partial charge in [0.05, 0.1) is 6.04 Å². The highest BCUT2D eigenvalue weighted by Crippen LogP contribution is 2.24. The van der Waals surface area contributed by atoms with E-state index in [2.05, 4.69) is 31.0 Å². The lowest BCUT2D eigenvalue weighted by molar-refractivity contribution is 0.0486. The Bertz CT molecular complexity index is 960. The number of piperidine rings is 1. The molecule has 4 rings (SSSR count). The first-order chi connectivity index (χ1) is 16.3. The van der Waals surface area contributed by atoms with Gasteiger partial charge in [0, 0.05) is 37.3 Å². The van der Waals surface area contributed by atoms with E-state index in [1.54, 1.807) is 12.1 Å². The molecule has 0 aromatic heterocycles. The summed E-state index contributed by atoms with van der Waals surface area (Å²) >= 11 is 0. The Balaban J connectivity index is 1.35. The lowest BCUT2D eigenvalue weighted by Crippen LogP contribution is -2.60. The van der Waals surface area contributed by atoms with Crippen molar-refractivity contribution >= 4 is 12.0 Å². The third kappa shape index (κ3) is 5.96. The van der Waals surface area contributed by atoms with Gasteiger partial charge in [-0.15, -0.1) is 0 Å². The van der Waals surface area contributed by atoms with Gasteiger partial charge in [0.15, 0.2) is 0 Å². The summed E-state index contributed by atoms with van der Waals surface area (Å²) in [6, 6.07) is 16.3. The Morgan fingerprint density at radius 1 is 1.00 bits per heavy atom. The number of amides is 2. The van der Waals surface area contributed by atoms with Gasteiger partial charge in [-0.2, -0.15) is 0 Å². The van der Waals surface area contributed by atoms with Crippen molar-refractivity contribution < 1.29 is 19.1 Å². The smallest absolute Gasteiger partial charge is 0.417 e. The van der Waals surface area contributed by atoms with Crippen LogP contribution >= 0.6 is 0 Å². The van der Waals surface area contributed by atoms with Gasteiger partial charge in [-0.1, -0.05) is 30.3 Å². The van der Waals surface area contributed by atoms with Crippen LogP contribution in [0.2, 0.25) is 0 Å². The van der Waals surface area contributed by atoms with Crippen LogP contribution in [0.3, 0.4) is 0 Å². The van der Waals surface area contributed by atoms with Crippen molar-refractivity contribution in [2.75, 3.05) is 26.2 Å². The summed E-state index contributed by atoms with van der Waals surface area (Å²) in [5.74, 6) is 0.392. The van der Waals surface area contributed by atoms with E-state index in [9.17, 15) is 9.59 Å². The molecule has 0 spiro atoms. The van der Waals surface area contributed by atoms with Crippen LogP contribution < -0.4 is 10.1 Å². The minimum Gasteiger partial charge on any atom is -0.490 e. The number of likely N-dealkylation sites (tertiary alicyclic amines) is 1. The second-order valence-electron chi connectivity index (χ2n) is 10.0. The van der Waals surface area contributed by atoms with Crippen molar-refractivity contribution in [3.8, 4) is 5.75 Å². The van der Waals surface area contributed by atoms with E-state index in [0.717, 1.165) is 37.2 Å². The average Bonchev–Trinajstić information content (AvgIpc) is 2.80. The fraction of sp³-hybridized carbons (Fsp3) is 0.481. The second kappa shape index (κ2) is 10.6. The van der Waals surface area contributed by atoms with Crippen molar-refractivity contribution in [1.82, 2.24) is 15.1 Å². The molecule has 2 aliphatic heterocycles. The predicted octanol–water partition coefficient (Wildman–Crippen LogP) is 4.08. The summed E-state index contributed by atoms with van der Waals surface area (Å²) in [5.41, 5.74) is 1.50. The first kappa shape index (κ1) is 24.2. The van der Waals surface area contributed by atoms with Gasteiger partial charge in [0.1, 0.15) is 18.5 Å². The summed E-state index contributed by atoms with van der Waals surface area (Å²) < 4.78 is 11.6. The fourth-order valence-corrected chi connectivity index (χ4v) is 4.29. The minimum absolute atomic E-state index is 0.129. The molecule has 0 atom stereocenters. The van der Waals surface area contributed by atoms with E-state index in [-0.39, 0.29) is 30.2 Å². The molecule has 7 heteroatoms. The highest BCUT2D eigenvalue weighted by molar-refractivity contribution is 6.03. The molecule has 2 aromatic carbocycles. The van der Waals surface area contributed by atoms with Gasteiger partial charge in [-0.3, -0.25) is 9.69 Å². The van der Waals surface area contributed by atoms with Crippen LogP contribution in [0.1, 0.15) is 49.5 Å². The van der Waals surface area contributed by atoms with Crippen molar-refractivity contribution in [2.45, 2.75) is 57.9 Å². The molecule has 0 radical (unpaired) electrons. The van der Waals surface area contributed by atoms with Crippen molar-refractivity contribution in [2.24, 2.45) is 0 Å². The zero-order chi connectivity index (χ0) is 24.1. The molecular weight excluding hydrogens is 430 g/mol. The quantitative estimate of drug-likeness (QED) is 0.693. The molecule has 34 heavy (non-hydrogen) atoms. The summed E-state index contributed by atoms with van der Waals surface area (Å²) in [6.45, 7) is 10.0. The molecule has 0 saturated carbocycles. The topological polar surface area (TPSA) is 71.1 Å². The van der Waals surface area contributed by atoms with Crippen LogP contribution in [0, 0.1) is 0 Å². The molecule has 2 aromatic rings. The molecule has 1 N–H and O–H groups in total. The van der Waals surface area contributed by atoms with Gasteiger partial charge in [0.25, 0.3) is 5.91 Å². The zero-order valence-electron chi connectivity index (χ0n) is 20.3. The number of nitrogens with one attached hydrogen (secondary N) is 1. The molecule has 2 fully saturated rings. The van der Waals surface area contributed by atoms with E-state index in [0.29, 0.717) is 18.7 Å². The van der Waals surface area contributed by atoms with Crippen LogP contribution in [0.15, 0.2) is 54.6 Å². The Kier molecular flexibility index (Phi) is 7.54. The monoisotopic (exact) mass is 465 g/mol. The maximum atomic E-state index is 13.2. The lowest BCUT2D eigenvalue weighted by Gasteiger charge is -2.40. The maximum absolute atomic E-state index is 13.2. The first-order valence-electron chi connectivity index (χ1n) is 12.1. The summed E-state index contributed by atoms with van der Waals surface area (Å²) in [7, 11) is 0. The molecule has 0 unspecified atom stereocenters. The highest BCUT2D eigenvalue weighted by Gasteiger charge is 2.35. The Labute approximate surface area is 202 Å². The molecule has 7 nitrogen and oxygen atoms in total. The number of benzene rings is 2. The molecule has 2 saturated heterocycles. The van der Waals surface area contributed by atoms with Crippen molar-refractivity contribution in [3.05, 3.63) is 65.7 Å². The molecule has 182 valence electrons. The number of ether oxygens (including phenoxy) is 2. The van der Waals surface area contributed by atoms with E-state index >= 15 is 0 Å². The van der Waals surface area contributed by atoms with Gasteiger partial charge >= 0.3 is 6.09 Å². The van der Waals surface area contributed by atoms with Gasteiger partial charge < -0.3 is 14.8 Å². The van der Waals surface area contributed by atoms with E-state index < -0.39 is 6.09 Å². The molecule has 0 aliphatic carbocycles. The lowest BCUT2D eigenvalue weighted by atomic mass is 9.99. The van der Waals surface area contributed by atoms with Gasteiger partial charge in [-0.25, -0.2) is 9.69 Å². The number of nitrogens with zero attached hydrogens (tertiary/aromatic N) is 2.